The summed E-state index contributed by atoms with van der Waals surface area (Å²) >= 11 is 0. The fourth-order valence-corrected chi connectivity index (χ4v) is 0.678. The van der Waals surface area contributed by atoms with Crippen molar-refractivity contribution in [1.29, 1.82) is 0 Å². The Hall–Kier alpha value is -0.830. The summed E-state index contributed by atoms with van der Waals surface area (Å²) < 4.78 is 5.35. The fourth-order valence-electron chi connectivity index (χ4n) is 0.678. The Morgan fingerprint density at radius 2 is 2.50 bits per heavy atom. The van der Waals surface area contributed by atoms with Gasteiger partial charge < -0.3 is 10.1 Å². The maximum absolute atomic E-state index is 5.35. The Morgan fingerprint density at radius 1 is 1.70 bits per heavy atom. The number of hydrogen-bond donors (Lipinski definition) is 1. The van der Waals surface area contributed by atoms with Gasteiger partial charge in [0.2, 0.25) is 0 Å². The Labute approximate surface area is 60.8 Å². The molecule has 1 N–H and O–H groups in total. The predicted molar refractivity (Wildman–Crippen MR) is 39.4 cm³/mol. The first-order valence-corrected chi connectivity index (χ1v) is 3.30. The molecule has 55 valence electrons. The monoisotopic (exact) mass is 139 g/mol. The number of rotatable bonds is 2. The van der Waals surface area contributed by atoms with Crippen molar-refractivity contribution >= 4 is 6.21 Å². The Kier molecular flexibility index (Phi) is 2.45. The van der Waals surface area contributed by atoms with E-state index in [0.29, 0.717) is 0 Å². The summed E-state index contributed by atoms with van der Waals surface area (Å²) in [7, 11) is 0. The van der Waals surface area contributed by atoms with E-state index in [-0.39, 0.29) is 12.3 Å². The van der Waals surface area contributed by atoms with Crippen LogP contribution in [0.25, 0.3) is 0 Å². The van der Waals surface area contributed by atoms with E-state index in [4.69, 9.17) is 4.74 Å². The van der Waals surface area contributed by atoms with Gasteiger partial charge in [0.15, 0.2) is 6.23 Å². The van der Waals surface area contributed by atoms with Crippen molar-refractivity contribution in [3.8, 4) is 0 Å². The molecule has 0 fully saturated rings. The first kappa shape index (κ1) is 7.28. The average molecular weight is 139 g/mol. The zero-order chi connectivity index (χ0) is 7.40. The molecular weight excluding hydrogens is 128 g/mol. The topological polar surface area (TPSA) is 33.6 Å². The Bertz CT molecular complexity index is 152. The third kappa shape index (κ3) is 2.19. The number of nitrogens with one attached hydrogen (secondary N) is 1. The molecule has 0 saturated carbocycles. The van der Waals surface area contributed by atoms with Crippen molar-refractivity contribution in [3.63, 3.8) is 0 Å². The predicted octanol–water partition coefficient (Wildman–Crippen LogP) is 0.686. The van der Waals surface area contributed by atoms with Crippen LogP contribution in [0.2, 0.25) is 0 Å². The normalized spacial score (nSPS) is 23.3. The highest BCUT2D eigenvalue weighted by Gasteiger charge is 2.06. The molecule has 0 aromatic rings. The zero-order valence-corrected chi connectivity index (χ0v) is 6.16. The van der Waals surface area contributed by atoms with Gasteiger partial charge in [-0.2, -0.15) is 0 Å². The standard InChI is InChI=1S/C7H11N2O/c1-6(2)10-7-5-8-3-4-9-7/h3,5-7,9H,1-2H3. The number of aliphatic imine (C=N–C) groups is 1. The molecular formula is C7H11N2O. The summed E-state index contributed by atoms with van der Waals surface area (Å²) in [5.41, 5.74) is 0. The van der Waals surface area contributed by atoms with Crippen LogP contribution in [0.1, 0.15) is 13.8 Å². The summed E-state index contributed by atoms with van der Waals surface area (Å²) in [5.74, 6) is 0. The van der Waals surface area contributed by atoms with E-state index in [1.807, 2.05) is 13.8 Å². The highest BCUT2D eigenvalue weighted by atomic mass is 16.5. The SMILES string of the molecule is CC(C)OC1C=NC=[C]N1. The van der Waals surface area contributed by atoms with Crippen LogP contribution in [0.3, 0.4) is 0 Å². The molecule has 0 bridgehead atoms. The maximum Gasteiger partial charge on any atom is 0.164 e. The molecule has 0 aliphatic carbocycles. The molecule has 0 saturated heterocycles. The molecule has 1 heterocycles. The van der Waals surface area contributed by atoms with E-state index >= 15 is 0 Å². The Balaban J connectivity index is 2.30. The van der Waals surface area contributed by atoms with Gasteiger partial charge in [-0.25, -0.2) is 0 Å². The van der Waals surface area contributed by atoms with Crippen molar-refractivity contribution in [2.45, 2.75) is 26.2 Å². The minimum absolute atomic E-state index is 0.106. The van der Waals surface area contributed by atoms with Crippen LogP contribution in [-0.4, -0.2) is 18.5 Å². The molecule has 1 aliphatic rings. The first-order chi connectivity index (χ1) is 4.79. The molecule has 0 spiro atoms. The van der Waals surface area contributed by atoms with E-state index in [9.17, 15) is 0 Å². The summed E-state index contributed by atoms with van der Waals surface area (Å²) in [6, 6.07) is 0. The second-order valence-corrected chi connectivity index (χ2v) is 2.32. The molecule has 3 heteroatoms. The van der Waals surface area contributed by atoms with Crippen molar-refractivity contribution in [2.24, 2.45) is 4.99 Å². The lowest BCUT2D eigenvalue weighted by atomic mass is 10.4. The molecule has 1 rings (SSSR count). The first-order valence-electron chi connectivity index (χ1n) is 3.30. The average Bonchev–Trinajstić information content (AvgIpc) is 1.88. The molecule has 3 nitrogen and oxygen atoms in total. The van der Waals surface area contributed by atoms with E-state index < -0.39 is 0 Å². The largest absolute Gasteiger partial charge is 0.353 e. The highest BCUT2D eigenvalue weighted by molar-refractivity contribution is 5.64. The summed E-state index contributed by atoms with van der Waals surface area (Å²) in [6.07, 6.45) is 6.12. The van der Waals surface area contributed by atoms with Crippen LogP contribution >= 0.6 is 0 Å². The van der Waals surface area contributed by atoms with Crippen molar-refractivity contribution in [3.05, 3.63) is 12.4 Å². The van der Waals surface area contributed by atoms with Gasteiger partial charge in [0.1, 0.15) is 0 Å². The van der Waals surface area contributed by atoms with E-state index in [0.717, 1.165) is 0 Å². The smallest absolute Gasteiger partial charge is 0.164 e. The van der Waals surface area contributed by atoms with Crippen molar-refractivity contribution in [2.75, 3.05) is 0 Å². The van der Waals surface area contributed by atoms with Gasteiger partial charge in [-0.15, -0.1) is 0 Å². The molecule has 1 atom stereocenters. The molecule has 10 heavy (non-hydrogen) atoms. The van der Waals surface area contributed by atoms with E-state index in [2.05, 4.69) is 16.5 Å². The van der Waals surface area contributed by atoms with Crippen LogP contribution in [0.5, 0.6) is 0 Å². The van der Waals surface area contributed by atoms with E-state index in [1.54, 1.807) is 12.4 Å². The van der Waals surface area contributed by atoms with Crippen molar-refractivity contribution < 1.29 is 4.74 Å². The second-order valence-electron chi connectivity index (χ2n) is 2.32. The quantitative estimate of drug-likeness (QED) is 0.610. The van der Waals surface area contributed by atoms with Gasteiger partial charge in [0, 0.05) is 0 Å². The second kappa shape index (κ2) is 3.37. The van der Waals surface area contributed by atoms with Gasteiger partial charge in [-0.05, 0) is 13.8 Å². The lowest BCUT2D eigenvalue weighted by molar-refractivity contribution is 0.0364. The minimum atomic E-state index is -0.106. The third-order valence-electron chi connectivity index (χ3n) is 1.00. The molecule has 0 amide bonds. The van der Waals surface area contributed by atoms with Gasteiger partial charge in [-0.3, -0.25) is 4.99 Å². The summed E-state index contributed by atoms with van der Waals surface area (Å²) in [5, 5.41) is 2.87. The molecule has 1 radical (unpaired) electrons. The number of nitrogens with zero attached hydrogens (tertiary/aromatic N) is 1. The molecule has 1 aliphatic heterocycles. The maximum atomic E-state index is 5.35. The molecule has 0 aromatic heterocycles. The molecule has 1 unspecified atom stereocenters. The molecule has 0 aromatic carbocycles. The van der Waals surface area contributed by atoms with Gasteiger partial charge in [0.25, 0.3) is 0 Å². The van der Waals surface area contributed by atoms with Crippen LogP contribution in [0.15, 0.2) is 11.2 Å². The van der Waals surface area contributed by atoms with Crippen LogP contribution in [0, 0.1) is 6.20 Å². The van der Waals surface area contributed by atoms with Crippen LogP contribution in [0.4, 0.5) is 0 Å². The lowest BCUT2D eigenvalue weighted by Crippen LogP contribution is -2.33. The highest BCUT2D eigenvalue weighted by Crippen LogP contribution is 1.95. The van der Waals surface area contributed by atoms with Crippen molar-refractivity contribution in [1.82, 2.24) is 5.32 Å². The van der Waals surface area contributed by atoms with Crippen LogP contribution in [-0.2, 0) is 4.74 Å². The number of hydrogen-bond acceptors (Lipinski definition) is 3. The van der Waals surface area contributed by atoms with Gasteiger partial charge >= 0.3 is 0 Å². The summed E-state index contributed by atoms with van der Waals surface area (Å²) in [4.78, 5) is 3.86. The van der Waals surface area contributed by atoms with Gasteiger partial charge in [-0.1, -0.05) is 0 Å². The van der Waals surface area contributed by atoms with E-state index in [1.165, 1.54) is 0 Å². The summed E-state index contributed by atoms with van der Waals surface area (Å²) in [6.45, 7) is 3.96. The fraction of sp³-hybridized carbons (Fsp3) is 0.571. The minimum Gasteiger partial charge on any atom is -0.353 e. The lowest BCUT2D eigenvalue weighted by Gasteiger charge is -2.17. The van der Waals surface area contributed by atoms with Crippen LogP contribution < -0.4 is 5.32 Å². The van der Waals surface area contributed by atoms with Gasteiger partial charge in [0.05, 0.1) is 24.7 Å². The zero-order valence-electron chi connectivity index (χ0n) is 6.16. The Morgan fingerprint density at radius 3 is 3.00 bits per heavy atom. The number of ether oxygens (including phenoxy) is 1. The third-order valence-corrected chi connectivity index (χ3v) is 1.00.